The molecule has 0 aliphatic rings. The van der Waals surface area contributed by atoms with E-state index in [1.54, 1.807) is 13.2 Å². The van der Waals surface area contributed by atoms with Gasteiger partial charge in [0.2, 0.25) is 0 Å². The predicted octanol–water partition coefficient (Wildman–Crippen LogP) is 4.01. The van der Waals surface area contributed by atoms with Gasteiger partial charge in [-0.2, -0.15) is 0 Å². The number of esters is 1. The highest BCUT2D eigenvalue weighted by Gasteiger charge is 2.15. The molecule has 0 fully saturated rings. The van der Waals surface area contributed by atoms with Crippen molar-refractivity contribution in [1.29, 1.82) is 0 Å². The van der Waals surface area contributed by atoms with Crippen molar-refractivity contribution in [1.82, 2.24) is 0 Å². The van der Waals surface area contributed by atoms with E-state index in [1.807, 2.05) is 32.9 Å². The van der Waals surface area contributed by atoms with Crippen LogP contribution in [0.1, 0.15) is 39.2 Å². The van der Waals surface area contributed by atoms with Crippen molar-refractivity contribution in [3.63, 3.8) is 0 Å². The number of carbonyl (C=O) groups excluding carboxylic acids is 1. The molecule has 0 aliphatic carbocycles. The Bertz CT molecular complexity index is 436. The summed E-state index contributed by atoms with van der Waals surface area (Å²) in [6, 6.07) is 5.58. The van der Waals surface area contributed by atoms with Crippen LogP contribution < -0.4 is 4.74 Å². The number of rotatable bonds is 5. The predicted molar refractivity (Wildman–Crippen MR) is 76.8 cm³/mol. The molecule has 0 aromatic heterocycles. The third-order valence-electron chi connectivity index (χ3n) is 2.51. The van der Waals surface area contributed by atoms with E-state index in [0.29, 0.717) is 11.4 Å². The largest absolute Gasteiger partial charge is 0.497 e. The normalized spacial score (nSPS) is 11.2. The second kappa shape index (κ2) is 6.80. The molecule has 1 rings (SSSR count). The number of methoxy groups -OCH3 is 1. The Morgan fingerprint density at radius 2 is 2.00 bits per heavy atom. The fraction of sp³-hybridized carbons (Fsp3) is 0.533. The first-order valence-electron chi connectivity index (χ1n) is 6.36. The highest BCUT2D eigenvalue weighted by molar-refractivity contribution is 6.31. The second-order valence-corrected chi connectivity index (χ2v) is 5.80. The molecule has 0 spiro atoms. The van der Waals surface area contributed by atoms with Crippen molar-refractivity contribution in [2.75, 3.05) is 7.11 Å². The molecule has 0 bridgehead atoms. The number of aryl methyl sites for hydroxylation is 1. The molecule has 4 heteroatoms. The summed E-state index contributed by atoms with van der Waals surface area (Å²) < 4.78 is 10.3. The molecular weight excluding hydrogens is 264 g/mol. The fourth-order valence-corrected chi connectivity index (χ4v) is 1.94. The summed E-state index contributed by atoms with van der Waals surface area (Å²) in [5.41, 5.74) is 0.598. The molecule has 3 nitrogen and oxygen atoms in total. The van der Waals surface area contributed by atoms with Crippen LogP contribution in [-0.4, -0.2) is 18.7 Å². The summed E-state index contributed by atoms with van der Waals surface area (Å²) in [5.74, 6) is 0.568. The molecule has 106 valence electrons. The van der Waals surface area contributed by atoms with Gasteiger partial charge in [0, 0.05) is 11.4 Å². The molecule has 19 heavy (non-hydrogen) atoms. The SMILES string of the molecule is COc1ccc(CCCC(=O)OC(C)(C)C)c(Cl)c1. The second-order valence-electron chi connectivity index (χ2n) is 5.40. The lowest BCUT2D eigenvalue weighted by molar-refractivity contribution is -0.154. The maximum atomic E-state index is 11.6. The lowest BCUT2D eigenvalue weighted by Gasteiger charge is -2.19. The minimum absolute atomic E-state index is 0.169. The van der Waals surface area contributed by atoms with Gasteiger partial charge in [-0.15, -0.1) is 0 Å². The maximum absolute atomic E-state index is 11.6. The Labute approximate surface area is 119 Å². The number of hydrogen-bond donors (Lipinski definition) is 0. The number of benzene rings is 1. The number of ether oxygens (including phenoxy) is 2. The van der Waals surface area contributed by atoms with E-state index < -0.39 is 5.60 Å². The van der Waals surface area contributed by atoms with Crippen LogP contribution in [0.2, 0.25) is 5.02 Å². The number of halogens is 1. The van der Waals surface area contributed by atoms with E-state index in [-0.39, 0.29) is 5.97 Å². The molecule has 0 saturated carbocycles. The van der Waals surface area contributed by atoms with Crippen LogP contribution in [0.15, 0.2) is 18.2 Å². The van der Waals surface area contributed by atoms with Gasteiger partial charge >= 0.3 is 5.97 Å². The van der Waals surface area contributed by atoms with Crippen LogP contribution in [0, 0.1) is 0 Å². The van der Waals surface area contributed by atoms with E-state index in [4.69, 9.17) is 21.1 Å². The van der Waals surface area contributed by atoms with Crippen LogP contribution in [0.4, 0.5) is 0 Å². The molecule has 0 saturated heterocycles. The fourth-order valence-electron chi connectivity index (χ4n) is 1.67. The molecule has 0 atom stereocenters. The zero-order chi connectivity index (χ0) is 14.5. The van der Waals surface area contributed by atoms with Gasteiger partial charge in [0.25, 0.3) is 0 Å². The van der Waals surface area contributed by atoms with Gasteiger partial charge in [-0.3, -0.25) is 4.79 Å². The quantitative estimate of drug-likeness (QED) is 0.766. The van der Waals surface area contributed by atoms with Crippen molar-refractivity contribution >= 4 is 17.6 Å². The van der Waals surface area contributed by atoms with E-state index in [2.05, 4.69) is 0 Å². The van der Waals surface area contributed by atoms with E-state index in [9.17, 15) is 4.79 Å². The summed E-state index contributed by atoms with van der Waals surface area (Å²) in [5, 5.41) is 0.670. The third kappa shape index (κ3) is 5.97. The Balaban J connectivity index is 2.43. The first-order chi connectivity index (χ1) is 8.81. The van der Waals surface area contributed by atoms with Crippen LogP contribution in [0.5, 0.6) is 5.75 Å². The Hall–Kier alpha value is -1.22. The lowest BCUT2D eigenvalue weighted by atomic mass is 10.1. The molecular formula is C15H21ClO3. The average molecular weight is 285 g/mol. The highest BCUT2D eigenvalue weighted by atomic mass is 35.5. The van der Waals surface area contributed by atoms with Gasteiger partial charge in [0.1, 0.15) is 11.4 Å². The van der Waals surface area contributed by atoms with Crippen molar-refractivity contribution in [2.45, 2.75) is 45.6 Å². The minimum Gasteiger partial charge on any atom is -0.497 e. The minimum atomic E-state index is -0.422. The average Bonchev–Trinajstić information content (AvgIpc) is 2.28. The van der Waals surface area contributed by atoms with Gasteiger partial charge in [-0.25, -0.2) is 0 Å². The summed E-state index contributed by atoms with van der Waals surface area (Å²) >= 11 is 6.13. The summed E-state index contributed by atoms with van der Waals surface area (Å²) in [7, 11) is 1.60. The van der Waals surface area contributed by atoms with Crippen molar-refractivity contribution in [3.8, 4) is 5.75 Å². The number of hydrogen-bond acceptors (Lipinski definition) is 3. The van der Waals surface area contributed by atoms with Gasteiger partial charge < -0.3 is 9.47 Å². The van der Waals surface area contributed by atoms with E-state index in [0.717, 1.165) is 24.2 Å². The zero-order valence-electron chi connectivity index (χ0n) is 12.0. The van der Waals surface area contributed by atoms with Crippen LogP contribution in [0.25, 0.3) is 0 Å². The monoisotopic (exact) mass is 284 g/mol. The van der Waals surface area contributed by atoms with Crippen molar-refractivity contribution in [2.24, 2.45) is 0 Å². The maximum Gasteiger partial charge on any atom is 0.306 e. The van der Waals surface area contributed by atoms with Gasteiger partial charge in [-0.1, -0.05) is 17.7 Å². The summed E-state index contributed by atoms with van der Waals surface area (Å²) in [4.78, 5) is 11.6. The van der Waals surface area contributed by atoms with Crippen LogP contribution in [0.3, 0.4) is 0 Å². The third-order valence-corrected chi connectivity index (χ3v) is 2.86. The summed E-state index contributed by atoms with van der Waals surface area (Å²) in [6.07, 6.45) is 1.88. The molecule has 0 aliphatic heterocycles. The smallest absolute Gasteiger partial charge is 0.306 e. The Morgan fingerprint density at radius 3 is 2.53 bits per heavy atom. The van der Waals surface area contributed by atoms with Crippen LogP contribution in [-0.2, 0) is 16.0 Å². The molecule has 0 amide bonds. The highest BCUT2D eigenvalue weighted by Crippen LogP contribution is 2.23. The van der Waals surface area contributed by atoms with Gasteiger partial charge in [-0.05, 0) is 51.3 Å². The van der Waals surface area contributed by atoms with Crippen LogP contribution >= 0.6 is 11.6 Å². The van der Waals surface area contributed by atoms with E-state index >= 15 is 0 Å². The lowest BCUT2D eigenvalue weighted by Crippen LogP contribution is -2.23. The molecule has 1 aromatic rings. The topological polar surface area (TPSA) is 35.5 Å². The molecule has 0 unspecified atom stereocenters. The summed E-state index contributed by atoms with van der Waals surface area (Å²) in [6.45, 7) is 5.60. The molecule has 0 N–H and O–H groups in total. The standard InChI is InChI=1S/C15H21ClO3/c1-15(2,3)19-14(17)7-5-6-11-8-9-12(18-4)10-13(11)16/h8-10H,5-7H2,1-4H3. The molecule has 1 aromatic carbocycles. The van der Waals surface area contributed by atoms with Gasteiger partial charge in [0.15, 0.2) is 0 Å². The molecule has 0 heterocycles. The zero-order valence-corrected chi connectivity index (χ0v) is 12.7. The Morgan fingerprint density at radius 1 is 1.32 bits per heavy atom. The number of carbonyl (C=O) groups is 1. The van der Waals surface area contributed by atoms with Gasteiger partial charge in [0.05, 0.1) is 7.11 Å². The Kier molecular flexibility index (Phi) is 5.67. The first-order valence-corrected chi connectivity index (χ1v) is 6.74. The van der Waals surface area contributed by atoms with E-state index in [1.165, 1.54) is 0 Å². The molecule has 0 radical (unpaired) electrons. The van der Waals surface area contributed by atoms with Crippen molar-refractivity contribution < 1.29 is 14.3 Å². The van der Waals surface area contributed by atoms with Crippen molar-refractivity contribution in [3.05, 3.63) is 28.8 Å². The first kappa shape index (κ1) is 15.8.